The maximum absolute atomic E-state index is 6.24. The van der Waals surface area contributed by atoms with Crippen LogP contribution in [0.3, 0.4) is 0 Å². The molecule has 1 heterocycles. The van der Waals surface area contributed by atoms with Crippen molar-refractivity contribution in [2.45, 2.75) is 63.6 Å². The first-order chi connectivity index (χ1) is 7.85. The van der Waals surface area contributed by atoms with Crippen LogP contribution < -0.4 is 5.73 Å². The largest absolute Gasteiger partial charge is 0.478 e. The molecular weight excluding hydrogens is 213 g/mol. The highest BCUT2D eigenvalue weighted by Crippen LogP contribution is 2.65. The standard InChI is InChI=1S/C13H22BNO2/c1-11(2)8-6-9(11)10-12(3,7-8)17-14(16-10)13(15)4-5-13/h8-10H,4-7,15H2,1-3H3/t8?,9-,10+,12-/m0/s1. The summed E-state index contributed by atoms with van der Waals surface area (Å²) in [6.07, 6.45) is 4.85. The monoisotopic (exact) mass is 235 g/mol. The molecule has 5 fully saturated rings. The van der Waals surface area contributed by atoms with E-state index >= 15 is 0 Å². The van der Waals surface area contributed by atoms with Crippen LogP contribution in [0.15, 0.2) is 0 Å². The molecule has 5 rings (SSSR count). The van der Waals surface area contributed by atoms with Crippen molar-refractivity contribution >= 4 is 7.12 Å². The SMILES string of the molecule is CC1(C)C2C[C@H]1[C@H]1OB(C3(N)CC3)O[C@@]1(C)C2. The fraction of sp³-hybridized carbons (Fsp3) is 1.00. The van der Waals surface area contributed by atoms with Crippen LogP contribution in [0.5, 0.6) is 0 Å². The summed E-state index contributed by atoms with van der Waals surface area (Å²) < 4.78 is 12.5. The van der Waals surface area contributed by atoms with E-state index in [0.29, 0.717) is 11.3 Å². The normalized spacial score (nSPS) is 52.9. The van der Waals surface area contributed by atoms with E-state index in [1.54, 1.807) is 0 Å². The minimum Gasteiger partial charge on any atom is -0.404 e. The first-order valence-corrected chi connectivity index (χ1v) is 6.97. The van der Waals surface area contributed by atoms with E-state index in [9.17, 15) is 0 Å². The Bertz CT molecular complexity index is 382. The molecule has 4 aliphatic carbocycles. The van der Waals surface area contributed by atoms with Gasteiger partial charge in [0.25, 0.3) is 0 Å². The molecule has 0 aromatic heterocycles. The zero-order valence-corrected chi connectivity index (χ0v) is 11.0. The van der Waals surface area contributed by atoms with Gasteiger partial charge in [0, 0.05) is 0 Å². The Balaban J connectivity index is 1.63. The van der Waals surface area contributed by atoms with Gasteiger partial charge in [-0.25, -0.2) is 0 Å². The maximum atomic E-state index is 6.24. The fourth-order valence-corrected chi connectivity index (χ4v) is 4.34. The van der Waals surface area contributed by atoms with E-state index in [0.717, 1.165) is 25.2 Å². The molecule has 3 nitrogen and oxygen atoms in total. The third kappa shape index (κ3) is 1.19. The van der Waals surface area contributed by atoms with Gasteiger partial charge in [0.1, 0.15) is 0 Å². The summed E-state index contributed by atoms with van der Waals surface area (Å²) in [6, 6.07) is 0. The van der Waals surface area contributed by atoms with E-state index in [1.807, 2.05) is 0 Å². The van der Waals surface area contributed by atoms with E-state index in [4.69, 9.17) is 15.0 Å². The average molecular weight is 235 g/mol. The van der Waals surface area contributed by atoms with Crippen molar-refractivity contribution in [3.63, 3.8) is 0 Å². The summed E-state index contributed by atoms with van der Waals surface area (Å²) in [6.45, 7) is 7.01. The summed E-state index contributed by atoms with van der Waals surface area (Å²) in [4.78, 5) is 0. The quantitative estimate of drug-likeness (QED) is 0.704. The zero-order chi connectivity index (χ0) is 12.1. The fourth-order valence-electron chi connectivity index (χ4n) is 4.34. The highest BCUT2D eigenvalue weighted by atomic mass is 16.7. The molecule has 1 unspecified atom stereocenters. The Morgan fingerprint density at radius 3 is 2.53 bits per heavy atom. The molecule has 4 atom stereocenters. The van der Waals surface area contributed by atoms with Gasteiger partial charge in [0.2, 0.25) is 0 Å². The van der Waals surface area contributed by atoms with Crippen molar-refractivity contribution in [3.05, 3.63) is 0 Å². The number of hydrogen-bond donors (Lipinski definition) is 1. The van der Waals surface area contributed by atoms with Crippen LogP contribution >= 0.6 is 0 Å². The van der Waals surface area contributed by atoms with Crippen molar-refractivity contribution in [2.24, 2.45) is 23.0 Å². The lowest BCUT2D eigenvalue weighted by molar-refractivity contribution is -0.185. The predicted molar refractivity (Wildman–Crippen MR) is 66.3 cm³/mol. The minimum atomic E-state index is -0.172. The molecule has 0 radical (unpaired) electrons. The van der Waals surface area contributed by atoms with Crippen molar-refractivity contribution in [3.8, 4) is 0 Å². The Kier molecular flexibility index (Phi) is 1.76. The second-order valence-corrected chi connectivity index (χ2v) is 7.62. The van der Waals surface area contributed by atoms with Gasteiger partial charge in [-0.3, -0.25) is 0 Å². The molecule has 2 N–H and O–H groups in total. The van der Waals surface area contributed by atoms with Gasteiger partial charge in [-0.1, -0.05) is 13.8 Å². The second kappa shape index (κ2) is 2.76. The summed E-state index contributed by atoms with van der Waals surface area (Å²) in [5.41, 5.74) is 6.44. The van der Waals surface area contributed by atoms with Gasteiger partial charge >= 0.3 is 7.12 Å². The third-order valence-electron chi connectivity index (χ3n) is 6.11. The molecular formula is C13H22BNO2. The van der Waals surface area contributed by atoms with E-state index in [2.05, 4.69) is 20.8 Å². The van der Waals surface area contributed by atoms with Crippen LogP contribution in [0.4, 0.5) is 0 Å². The molecule has 1 aliphatic heterocycles. The number of nitrogens with two attached hydrogens (primary N) is 1. The predicted octanol–water partition coefficient (Wildman–Crippen LogP) is 1.75. The molecule has 2 bridgehead atoms. The molecule has 0 aromatic rings. The first-order valence-electron chi connectivity index (χ1n) is 6.97. The van der Waals surface area contributed by atoms with Crippen LogP contribution in [0, 0.1) is 17.3 Å². The average Bonchev–Trinajstić information content (AvgIpc) is 2.89. The lowest BCUT2D eigenvalue weighted by Gasteiger charge is -2.63. The molecule has 1 saturated heterocycles. The summed E-state index contributed by atoms with van der Waals surface area (Å²) >= 11 is 0. The van der Waals surface area contributed by atoms with Crippen LogP contribution in [-0.4, -0.2) is 24.3 Å². The summed E-state index contributed by atoms with van der Waals surface area (Å²) in [5, 5.41) is 0. The van der Waals surface area contributed by atoms with E-state index < -0.39 is 0 Å². The smallest absolute Gasteiger partial charge is 0.404 e. The molecule has 0 amide bonds. The maximum Gasteiger partial charge on any atom is 0.478 e. The number of hydrogen-bond acceptors (Lipinski definition) is 3. The molecule has 5 aliphatic rings. The van der Waals surface area contributed by atoms with Gasteiger partial charge in [-0.2, -0.15) is 0 Å². The lowest BCUT2D eigenvalue weighted by Crippen LogP contribution is -2.63. The highest BCUT2D eigenvalue weighted by molar-refractivity contribution is 6.50. The molecule has 17 heavy (non-hydrogen) atoms. The number of rotatable bonds is 1. The highest BCUT2D eigenvalue weighted by Gasteiger charge is 2.70. The lowest BCUT2D eigenvalue weighted by atomic mass is 9.45. The molecule has 94 valence electrons. The Morgan fingerprint density at radius 2 is 1.94 bits per heavy atom. The van der Waals surface area contributed by atoms with E-state index in [-0.39, 0.29) is 24.3 Å². The van der Waals surface area contributed by atoms with Crippen molar-refractivity contribution in [1.29, 1.82) is 0 Å². The zero-order valence-electron chi connectivity index (χ0n) is 11.0. The van der Waals surface area contributed by atoms with Gasteiger partial charge in [0.05, 0.1) is 17.1 Å². The van der Waals surface area contributed by atoms with Crippen molar-refractivity contribution < 1.29 is 9.31 Å². The van der Waals surface area contributed by atoms with Crippen LogP contribution in [0.1, 0.15) is 46.5 Å². The van der Waals surface area contributed by atoms with Crippen molar-refractivity contribution in [2.75, 3.05) is 0 Å². The molecule has 0 spiro atoms. The molecule has 0 aromatic carbocycles. The minimum absolute atomic E-state index is 0.0667. The van der Waals surface area contributed by atoms with Gasteiger partial charge in [0.15, 0.2) is 0 Å². The topological polar surface area (TPSA) is 44.5 Å². The Labute approximate surface area is 104 Å². The molecule has 4 saturated carbocycles. The summed E-state index contributed by atoms with van der Waals surface area (Å²) in [7, 11) is -0.146. The Hall–Kier alpha value is -0.0551. The first kappa shape index (κ1) is 10.8. The third-order valence-corrected chi connectivity index (χ3v) is 6.11. The van der Waals surface area contributed by atoms with Gasteiger partial charge in [-0.05, 0) is 49.9 Å². The van der Waals surface area contributed by atoms with Crippen LogP contribution in [0.2, 0.25) is 0 Å². The van der Waals surface area contributed by atoms with Gasteiger partial charge < -0.3 is 15.0 Å². The van der Waals surface area contributed by atoms with Gasteiger partial charge in [-0.15, -0.1) is 0 Å². The summed E-state index contributed by atoms with van der Waals surface area (Å²) in [5.74, 6) is 1.47. The Morgan fingerprint density at radius 1 is 1.24 bits per heavy atom. The van der Waals surface area contributed by atoms with Crippen molar-refractivity contribution in [1.82, 2.24) is 0 Å². The second-order valence-electron chi connectivity index (χ2n) is 7.62. The van der Waals surface area contributed by atoms with E-state index in [1.165, 1.54) is 6.42 Å². The van der Waals surface area contributed by atoms with Crippen LogP contribution in [0.25, 0.3) is 0 Å². The van der Waals surface area contributed by atoms with Crippen LogP contribution in [-0.2, 0) is 9.31 Å². The molecule has 4 heteroatoms.